The summed E-state index contributed by atoms with van der Waals surface area (Å²) in [5.74, 6) is -0.297. The fourth-order valence-electron chi connectivity index (χ4n) is 0.811. The molecule has 0 aromatic carbocycles. The Kier molecular flexibility index (Phi) is 3.11. The second-order valence-corrected chi connectivity index (χ2v) is 4.47. The van der Waals surface area contributed by atoms with Gasteiger partial charge in [-0.25, -0.2) is 4.98 Å². The molecule has 0 saturated carbocycles. The predicted octanol–water partition coefficient (Wildman–Crippen LogP) is 1.20. The number of thiazole rings is 1. The van der Waals surface area contributed by atoms with Crippen molar-refractivity contribution in [2.75, 3.05) is 6.26 Å². The number of hydrogen-bond donors (Lipinski definition) is 1. The Bertz CT molecular complexity index is 296. The molecule has 0 fully saturated rings. The van der Waals surface area contributed by atoms with E-state index in [1.807, 2.05) is 13.2 Å². The highest BCUT2D eigenvalue weighted by molar-refractivity contribution is 8.00. The van der Waals surface area contributed by atoms with Crippen molar-refractivity contribution in [3.8, 4) is 0 Å². The Labute approximate surface area is 79.4 Å². The summed E-state index contributed by atoms with van der Waals surface area (Å²) in [4.78, 5) is 15.8. The number of rotatable bonds is 3. The molecule has 3 nitrogen and oxygen atoms in total. The van der Waals surface area contributed by atoms with Gasteiger partial charge in [0.15, 0.2) is 0 Å². The van der Waals surface area contributed by atoms with Crippen molar-refractivity contribution >= 4 is 29.0 Å². The third-order valence-corrected chi connectivity index (χ3v) is 3.53. The monoisotopic (exact) mass is 202 g/mol. The normalized spacial score (nSPS) is 10.2. The lowest BCUT2D eigenvalue weighted by Gasteiger charge is -1.90. The number of aryl methyl sites for hydroxylation is 1. The van der Waals surface area contributed by atoms with E-state index in [4.69, 9.17) is 5.73 Å². The van der Waals surface area contributed by atoms with Crippen molar-refractivity contribution in [3.05, 3.63) is 10.6 Å². The Balaban J connectivity index is 2.84. The van der Waals surface area contributed by atoms with Crippen molar-refractivity contribution in [2.24, 2.45) is 5.73 Å². The molecule has 2 N–H and O–H groups in total. The van der Waals surface area contributed by atoms with Gasteiger partial charge in [0.25, 0.3) is 0 Å². The maximum Gasteiger partial charge on any atom is 0.222 e. The topological polar surface area (TPSA) is 56.0 Å². The Morgan fingerprint density at radius 3 is 2.83 bits per heavy atom. The second kappa shape index (κ2) is 3.91. The van der Waals surface area contributed by atoms with Crippen LogP contribution < -0.4 is 5.73 Å². The lowest BCUT2D eigenvalue weighted by atomic mass is 10.3. The molecule has 1 rings (SSSR count). The number of aromatic nitrogens is 1. The van der Waals surface area contributed by atoms with E-state index in [0.717, 1.165) is 14.9 Å². The number of thioether (sulfide) groups is 1. The highest BCUT2D eigenvalue weighted by atomic mass is 32.2. The highest BCUT2D eigenvalue weighted by Gasteiger charge is 2.08. The number of primary amides is 1. The fraction of sp³-hybridized carbons (Fsp3) is 0.429. The van der Waals surface area contributed by atoms with Crippen molar-refractivity contribution in [3.63, 3.8) is 0 Å². The van der Waals surface area contributed by atoms with Crippen LogP contribution in [0, 0.1) is 6.92 Å². The quantitative estimate of drug-likeness (QED) is 0.749. The molecule has 1 aromatic rings. The van der Waals surface area contributed by atoms with Crippen LogP contribution in [0.5, 0.6) is 0 Å². The molecule has 1 amide bonds. The largest absolute Gasteiger partial charge is 0.369 e. The zero-order chi connectivity index (χ0) is 9.14. The molecule has 0 unspecified atom stereocenters. The minimum Gasteiger partial charge on any atom is -0.369 e. The number of hydrogen-bond acceptors (Lipinski definition) is 4. The zero-order valence-electron chi connectivity index (χ0n) is 6.96. The second-order valence-electron chi connectivity index (χ2n) is 2.34. The van der Waals surface area contributed by atoms with Gasteiger partial charge in [-0.1, -0.05) is 11.8 Å². The summed E-state index contributed by atoms with van der Waals surface area (Å²) >= 11 is 3.13. The predicted molar refractivity (Wildman–Crippen MR) is 51.5 cm³/mol. The molecule has 12 heavy (non-hydrogen) atoms. The Hall–Kier alpha value is -0.550. The van der Waals surface area contributed by atoms with Crippen LogP contribution in [-0.4, -0.2) is 17.1 Å². The van der Waals surface area contributed by atoms with E-state index in [1.54, 1.807) is 11.8 Å². The number of carbonyl (C=O) groups excluding carboxylic acids is 1. The molecule has 0 spiro atoms. The van der Waals surface area contributed by atoms with Gasteiger partial charge in [-0.3, -0.25) is 4.79 Å². The Morgan fingerprint density at radius 1 is 1.75 bits per heavy atom. The van der Waals surface area contributed by atoms with Crippen LogP contribution in [0.15, 0.2) is 4.34 Å². The molecule has 5 heteroatoms. The summed E-state index contributed by atoms with van der Waals surface area (Å²) in [5, 5.41) is 0. The van der Waals surface area contributed by atoms with Gasteiger partial charge in [-0.05, 0) is 13.2 Å². The van der Waals surface area contributed by atoms with Gasteiger partial charge in [-0.15, -0.1) is 11.3 Å². The average molecular weight is 202 g/mol. The minimum absolute atomic E-state index is 0.297. The van der Waals surface area contributed by atoms with Crippen LogP contribution in [0.4, 0.5) is 0 Å². The van der Waals surface area contributed by atoms with E-state index in [9.17, 15) is 4.79 Å². The molecule has 0 aliphatic carbocycles. The van der Waals surface area contributed by atoms with E-state index in [-0.39, 0.29) is 5.91 Å². The number of nitrogens with two attached hydrogens (primary N) is 1. The van der Waals surface area contributed by atoms with Crippen LogP contribution in [-0.2, 0) is 11.2 Å². The van der Waals surface area contributed by atoms with Crippen LogP contribution >= 0.6 is 23.1 Å². The molecule has 66 valence electrons. The summed E-state index contributed by atoms with van der Waals surface area (Å²) in [7, 11) is 0. The van der Waals surface area contributed by atoms with E-state index in [1.165, 1.54) is 11.3 Å². The van der Waals surface area contributed by atoms with Gasteiger partial charge < -0.3 is 5.73 Å². The fourth-order valence-corrected chi connectivity index (χ4v) is 2.48. The van der Waals surface area contributed by atoms with Gasteiger partial charge in [0.1, 0.15) is 4.34 Å². The summed E-state index contributed by atoms with van der Waals surface area (Å²) in [5.41, 5.74) is 6.00. The van der Waals surface area contributed by atoms with Crippen molar-refractivity contribution < 1.29 is 4.79 Å². The standard InChI is InChI=1S/C7H10N2OS2/c1-4-5(3-6(8)10)12-7(9-4)11-2/h3H2,1-2H3,(H2,8,10). The lowest BCUT2D eigenvalue weighted by molar-refractivity contribution is -0.117. The van der Waals surface area contributed by atoms with Gasteiger partial charge >= 0.3 is 0 Å². The van der Waals surface area contributed by atoms with Gasteiger partial charge in [0.2, 0.25) is 5.91 Å². The first-order valence-electron chi connectivity index (χ1n) is 3.42. The third kappa shape index (κ3) is 2.22. The van der Waals surface area contributed by atoms with E-state index >= 15 is 0 Å². The van der Waals surface area contributed by atoms with Crippen molar-refractivity contribution in [2.45, 2.75) is 17.7 Å². The first kappa shape index (κ1) is 9.54. The van der Waals surface area contributed by atoms with Gasteiger partial charge in [0.05, 0.1) is 12.1 Å². The lowest BCUT2D eigenvalue weighted by Crippen LogP contribution is -2.13. The SMILES string of the molecule is CSc1nc(C)c(CC(N)=O)s1. The maximum atomic E-state index is 10.6. The molecule has 0 atom stereocenters. The van der Waals surface area contributed by atoms with E-state index in [0.29, 0.717) is 6.42 Å². The minimum atomic E-state index is -0.297. The molecule has 0 radical (unpaired) electrons. The zero-order valence-corrected chi connectivity index (χ0v) is 8.59. The number of carbonyl (C=O) groups is 1. The molecule has 1 aromatic heterocycles. The summed E-state index contributed by atoms with van der Waals surface area (Å²) in [6, 6.07) is 0. The Morgan fingerprint density at radius 2 is 2.42 bits per heavy atom. The first-order chi connectivity index (χ1) is 5.63. The van der Waals surface area contributed by atoms with Crippen LogP contribution in [0.3, 0.4) is 0 Å². The van der Waals surface area contributed by atoms with Crippen LogP contribution in [0.2, 0.25) is 0 Å². The molecular formula is C7H10N2OS2. The highest BCUT2D eigenvalue weighted by Crippen LogP contribution is 2.25. The molecule has 0 bridgehead atoms. The molecule has 0 saturated heterocycles. The maximum absolute atomic E-state index is 10.6. The van der Waals surface area contributed by atoms with Crippen LogP contribution in [0.25, 0.3) is 0 Å². The van der Waals surface area contributed by atoms with Gasteiger partial charge in [-0.2, -0.15) is 0 Å². The summed E-state index contributed by atoms with van der Waals surface area (Å²) in [6.45, 7) is 1.90. The van der Waals surface area contributed by atoms with Crippen molar-refractivity contribution in [1.29, 1.82) is 0 Å². The molecular weight excluding hydrogens is 192 g/mol. The van der Waals surface area contributed by atoms with Crippen LogP contribution in [0.1, 0.15) is 10.6 Å². The average Bonchev–Trinajstić information content (AvgIpc) is 2.31. The third-order valence-electron chi connectivity index (χ3n) is 1.38. The van der Waals surface area contributed by atoms with E-state index in [2.05, 4.69) is 4.98 Å². The van der Waals surface area contributed by atoms with Crippen molar-refractivity contribution in [1.82, 2.24) is 4.98 Å². The summed E-state index contributed by atoms with van der Waals surface area (Å²) < 4.78 is 0.990. The first-order valence-corrected chi connectivity index (χ1v) is 5.46. The van der Waals surface area contributed by atoms with Gasteiger partial charge in [0, 0.05) is 4.88 Å². The number of nitrogens with zero attached hydrogens (tertiary/aromatic N) is 1. The molecule has 0 aliphatic rings. The molecule has 1 heterocycles. The smallest absolute Gasteiger partial charge is 0.222 e. The van der Waals surface area contributed by atoms with E-state index < -0.39 is 0 Å². The summed E-state index contributed by atoms with van der Waals surface area (Å²) in [6.07, 6.45) is 2.27. The number of amides is 1. The molecule has 0 aliphatic heterocycles.